The van der Waals surface area contributed by atoms with Gasteiger partial charge in [-0.05, 0) is 38.1 Å². The number of ether oxygens (including phenoxy) is 1. The van der Waals surface area contributed by atoms with Crippen LogP contribution in [0.5, 0.6) is 0 Å². The second-order valence-corrected chi connectivity index (χ2v) is 8.31. The molecule has 2 fully saturated rings. The number of rotatable bonds is 7. The van der Waals surface area contributed by atoms with Crippen molar-refractivity contribution in [1.82, 2.24) is 20.4 Å². The van der Waals surface area contributed by atoms with Gasteiger partial charge in [-0.25, -0.2) is 0 Å². The fraction of sp³-hybridized carbons (Fsp3) is 0.842. The van der Waals surface area contributed by atoms with Crippen molar-refractivity contribution in [1.29, 1.82) is 0 Å². The molecule has 8 heteroatoms. The normalized spacial score (nSPS) is 25.7. The van der Waals surface area contributed by atoms with Gasteiger partial charge in [0, 0.05) is 20.2 Å². The average molecular weight is 401 g/mol. The van der Waals surface area contributed by atoms with Crippen LogP contribution in [0.3, 0.4) is 0 Å². The highest BCUT2D eigenvalue weighted by Crippen LogP contribution is 2.45. The number of carbonyl (C=O) groups excluding carboxylic acids is 1. The molecule has 0 aromatic carbocycles. The molecular weight excluding hydrogens is 368 g/mol. The van der Waals surface area contributed by atoms with E-state index < -0.39 is 0 Å². The van der Waals surface area contributed by atoms with Gasteiger partial charge in [-0.3, -0.25) is 4.79 Å². The largest absolute Gasteiger partial charge is 0.370 e. The summed E-state index contributed by atoms with van der Waals surface area (Å²) >= 11 is 0. The quantitative estimate of drug-likeness (QED) is 0.757. The minimum Gasteiger partial charge on any atom is -0.370 e. The molecule has 1 aromatic heterocycles. The Kier molecular flexibility index (Phi) is 7.65. The Hall–Kier alpha value is -1.18. The highest BCUT2D eigenvalue weighted by atomic mass is 35.5. The minimum atomic E-state index is -0.247. The molecule has 2 aliphatic rings. The maximum absolute atomic E-state index is 13.2. The summed E-state index contributed by atoms with van der Waals surface area (Å²) in [5.41, 5.74) is -0.247. The summed E-state index contributed by atoms with van der Waals surface area (Å²) in [5, 5.41) is 7.45. The lowest BCUT2D eigenvalue weighted by Gasteiger charge is -2.39. The summed E-state index contributed by atoms with van der Waals surface area (Å²) < 4.78 is 11.1. The van der Waals surface area contributed by atoms with Gasteiger partial charge in [-0.1, -0.05) is 31.8 Å². The molecule has 1 aliphatic heterocycles. The monoisotopic (exact) mass is 400 g/mol. The predicted octanol–water partition coefficient (Wildman–Crippen LogP) is 2.96. The molecule has 1 aliphatic carbocycles. The van der Waals surface area contributed by atoms with Crippen molar-refractivity contribution in [2.24, 2.45) is 17.3 Å². The first-order chi connectivity index (χ1) is 12.4. The third-order valence-corrected chi connectivity index (χ3v) is 5.71. The third-order valence-electron chi connectivity index (χ3n) is 5.71. The molecular formula is C19H33ClN4O3. The fourth-order valence-electron chi connectivity index (χ4n) is 4.23. The van der Waals surface area contributed by atoms with Crippen LogP contribution in [0.25, 0.3) is 0 Å². The molecule has 0 radical (unpaired) electrons. The summed E-state index contributed by atoms with van der Waals surface area (Å²) in [6.07, 6.45) is 4.26. The molecule has 3 rings (SSSR count). The number of fused-ring (bicyclic) bond motifs is 1. The van der Waals surface area contributed by atoms with E-state index in [4.69, 9.17) is 9.26 Å². The summed E-state index contributed by atoms with van der Waals surface area (Å²) in [7, 11) is 1.84. The number of amides is 1. The molecule has 0 spiro atoms. The Morgan fingerprint density at radius 1 is 1.41 bits per heavy atom. The van der Waals surface area contributed by atoms with Gasteiger partial charge in [-0.15, -0.1) is 12.4 Å². The van der Waals surface area contributed by atoms with Crippen LogP contribution in [-0.4, -0.2) is 47.7 Å². The molecule has 1 saturated carbocycles. The van der Waals surface area contributed by atoms with E-state index in [1.165, 1.54) is 6.42 Å². The number of carbonyl (C=O) groups is 1. The van der Waals surface area contributed by atoms with E-state index in [2.05, 4.69) is 29.3 Å². The van der Waals surface area contributed by atoms with Crippen LogP contribution >= 0.6 is 12.4 Å². The van der Waals surface area contributed by atoms with E-state index in [0.717, 1.165) is 32.4 Å². The second kappa shape index (κ2) is 9.34. The van der Waals surface area contributed by atoms with E-state index in [9.17, 15) is 4.79 Å². The highest BCUT2D eigenvalue weighted by Gasteiger charge is 2.51. The zero-order chi connectivity index (χ0) is 18.7. The highest BCUT2D eigenvalue weighted by molar-refractivity contribution is 5.85. The van der Waals surface area contributed by atoms with E-state index in [-0.39, 0.29) is 29.8 Å². The number of halogens is 1. The first-order valence-corrected chi connectivity index (χ1v) is 9.82. The van der Waals surface area contributed by atoms with Crippen LogP contribution in [0, 0.1) is 17.3 Å². The Labute approximate surface area is 168 Å². The van der Waals surface area contributed by atoms with Crippen LogP contribution in [0.15, 0.2) is 4.52 Å². The standard InChI is InChI=1S/C19H32N4O3.ClH/c1-13(2)11-25-14(3)17-21-16(26-22-17)10-23(4)18(24)19-8-6-5-7-15(19)9-20-12-19;/h13-15,20H,5-12H2,1-4H3;1H/t14?,15-,19+;/m0./s1. The maximum Gasteiger partial charge on any atom is 0.246 e. The molecule has 1 amide bonds. The van der Waals surface area contributed by atoms with Gasteiger partial charge in [-0.2, -0.15) is 4.98 Å². The number of hydrogen-bond acceptors (Lipinski definition) is 6. The molecule has 7 nitrogen and oxygen atoms in total. The van der Waals surface area contributed by atoms with E-state index >= 15 is 0 Å². The molecule has 27 heavy (non-hydrogen) atoms. The lowest BCUT2D eigenvalue weighted by Crippen LogP contribution is -2.48. The van der Waals surface area contributed by atoms with E-state index in [0.29, 0.717) is 36.7 Å². The van der Waals surface area contributed by atoms with Gasteiger partial charge in [0.15, 0.2) is 5.82 Å². The van der Waals surface area contributed by atoms with Gasteiger partial charge < -0.3 is 19.5 Å². The molecule has 1 aromatic rings. The Morgan fingerprint density at radius 3 is 2.93 bits per heavy atom. The summed E-state index contributed by atoms with van der Waals surface area (Å²) in [5.74, 6) is 2.11. The number of aromatic nitrogens is 2. The number of nitrogens with one attached hydrogen (secondary N) is 1. The van der Waals surface area contributed by atoms with Crippen LogP contribution in [0.4, 0.5) is 0 Å². The van der Waals surface area contributed by atoms with Crippen LogP contribution in [0.1, 0.15) is 64.3 Å². The number of hydrogen-bond donors (Lipinski definition) is 1. The predicted molar refractivity (Wildman–Crippen MR) is 104 cm³/mol. The maximum atomic E-state index is 13.2. The third kappa shape index (κ3) is 4.81. The Bertz CT molecular complexity index is 624. The van der Waals surface area contributed by atoms with Crippen molar-refractivity contribution in [3.63, 3.8) is 0 Å². The van der Waals surface area contributed by atoms with Gasteiger partial charge in [0.2, 0.25) is 11.8 Å². The van der Waals surface area contributed by atoms with Crippen molar-refractivity contribution < 1.29 is 14.1 Å². The van der Waals surface area contributed by atoms with Crippen LogP contribution in [0.2, 0.25) is 0 Å². The van der Waals surface area contributed by atoms with Crippen LogP contribution < -0.4 is 5.32 Å². The molecule has 1 unspecified atom stereocenters. The summed E-state index contributed by atoms with van der Waals surface area (Å²) in [6, 6.07) is 0. The van der Waals surface area contributed by atoms with Crippen molar-refractivity contribution >= 4 is 18.3 Å². The Balaban J connectivity index is 0.00000261. The topological polar surface area (TPSA) is 80.5 Å². The van der Waals surface area contributed by atoms with Crippen LogP contribution in [-0.2, 0) is 16.1 Å². The summed E-state index contributed by atoms with van der Waals surface area (Å²) in [4.78, 5) is 19.4. The molecule has 3 atom stereocenters. The lowest BCUT2D eigenvalue weighted by atomic mass is 9.67. The van der Waals surface area contributed by atoms with Gasteiger partial charge in [0.25, 0.3) is 0 Å². The second-order valence-electron chi connectivity index (χ2n) is 8.31. The van der Waals surface area contributed by atoms with E-state index in [1.807, 2.05) is 14.0 Å². The fourth-order valence-corrected chi connectivity index (χ4v) is 4.23. The molecule has 154 valence electrons. The molecule has 1 saturated heterocycles. The molecule has 0 bridgehead atoms. The molecule has 1 N–H and O–H groups in total. The smallest absolute Gasteiger partial charge is 0.246 e. The van der Waals surface area contributed by atoms with Crippen molar-refractivity contribution in [2.75, 3.05) is 26.7 Å². The number of nitrogens with zero attached hydrogens (tertiary/aromatic N) is 3. The van der Waals surface area contributed by atoms with E-state index in [1.54, 1.807) is 4.90 Å². The summed E-state index contributed by atoms with van der Waals surface area (Å²) in [6.45, 7) is 8.86. The SMILES string of the molecule is CC(C)COC(C)c1noc(CN(C)C(=O)[C@@]23CCCC[C@H]2CNC3)n1.Cl. The van der Waals surface area contributed by atoms with Crippen molar-refractivity contribution in [2.45, 2.75) is 59.1 Å². The van der Waals surface area contributed by atoms with Gasteiger partial charge in [0.1, 0.15) is 6.10 Å². The zero-order valence-corrected chi connectivity index (χ0v) is 17.7. The minimum absolute atomic E-state index is 0. The zero-order valence-electron chi connectivity index (χ0n) is 16.9. The van der Waals surface area contributed by atoms with Crippen molar-refractivity contribution in [3.05, 3.63) is 11.7 Å². The average Bonchev–Trinajstić information content (AvgIpc) is 3.26. The lowest BCUT2D eigenvalue weighted by molar-refractivity contribution is -0.144. The Morgan fingerprint density at radius 2 is 2.19 bits per heavy atom. The van der Waals surface area contributed by atoms with Gasteiger partial charge >= 0.3 is 0 Å². The van der Waals surface area contributed by atoms with Gasteiger partial charge in [0.05, 0.1) is 12.0 Å². The van der Waals surface area contributed by atoms with Crippen molar-refractivity contribution in [3.8, 4) is 0 Å². The first kappa shape index (κ1) is 22.1. The molecule has 2 heterocycles. The first-order valence-electron chi connectivity index (χ1n) is 9.82.